The Morgan fingerprint density at radius 2 is 2.00 bits per heavy atom. The maximum atomic E-state index is 12.5. The second-order valence-corrected chi connectivity index (χ2v) is 6.82. The van der Waals surface area contributed by atoms with Crippen molar-refractivity contribution in [3.63, 3.8) is 0 Å². The van der Waals surface area contributed by atoms with E-state index < -0.39 is 17.1 Å². The number of hydrogen-bond donors (Lipinski definition) is 1. The van der Waals surface area contributed by atoms with Crippen molar-refractivity contribution < 1.29 is 14.3 Å². The van der Waals surface area contributed by atoms with Gasteiger partial charge in [0.1, 0.15) is 0 Å². The average Bonchev–Trinajstić information content (AvgIpc) is 2.71. The summed E-state index contributed by atoms with van der Waals surface area (Å²) in [5.74, 6) is -0.886. The van der Waals surface area contributed by atoms with Crippen molar-refractivity contribution in [3.05, 3.63) is 68.2 Å². The van der Waals surface area contributed by atoms with Crippen LogP contribution in [0.5, 0.6) is 0 Å². The van der Waals surface area contributed by atoms with Crippen LogP contribution in [0.1, 0.15) is 36.4 Å². The lowest BCUT2D eigenvalue weighted by atomic mass is 9.87. The smallest absolute Gasteiger partial charge is 0.308 e. The molecule has 1 amide bonds. The molecule has 148 valence electrons. The van der Waals surface area contributed by atoms with Crippen LogP contribution in [0.15, 0.2) is 46.0 Å². The van der Waals surface area contributed by atoms with E-state index >= 15 is 0 Å². The molecule has 0 radical (unpaired) electrons. The number of nitrogens with zero attached hydrogens (tertiary/aromatic N) is 2. The number of hydrogen-bond acceptors (Lipinski definition) is 5. The number of likely N-dealkylation sites (N-methyl/N-ethyl adjacent to an activating group) is 1. The van der Waals surface area contributed by atoms with Gasteiger partial charge in [-0.1, -0.05) is 24.3 Å². The molecule has 1 aromatic carbocycles. The molecule has 1 heterocycles. The van der Waals surface area contributed by atoms with Crippen molar-refractivity contribution in [1.29, 1.82) is 0 Å². The van der Waals surface area contributed by atoms with E-state index in [1.54, 1.807) is 11.9 Å². The first kappa shape index (κ1) is 19.6. The zero-order valence-electron chi connectivity index (χ0n) is 15.7. The van der Waals surface area contributed by atoms with E-state index in [2.05, 4.69) is 11.2 Å². The van der Waals surface area contributed by atoms with E-state index in [1.165, 1.54) is 5.56 Å². The number of aromatic amines is 1. The van der Waals surface area contributed by atoms with E-state index in [1.807, 2.05) is 18.2 Å². The van der Waals surface area contributed by atoms with Crippen LogP contribution in [0.2, 0.25) is 0 Å². The van der Waals surface area contributed by atoms with Crippen molar-refractivity contribution >= 4 is 11.9 Å². The maximum Gasteiger partial charge on any atom is 0.308 e. The number of ether oxygens (including phenoxy) is 1. The minimum atomic E-state index is -0.609. The van der Waals surface area contributed by atoms with Gasteiger partial charge in [-0.3, -0.25) is 24.3 Å². The second-order valence-electron chi connectivity index (χ2n) is 6.82. The Balaban J connectivity index is 1.52. The SMILES string of the molecule is CN(C(=O)COC(=O)CCn1[nH]c(=O)ccc1=O)[C@H]1CCCc2ccccc21. The molecule has 1 atom stereocenters. The Kier molecular flexibility index (Phi) is 6.08. The fourth-order valence-electron chi connectivity index (χ4n) is 3.45. The van der Waals surface area contributed by atoms with Crippen molar-refractivity contribution in [3.8, 4) is 0 Å². The summed E-state index contributed by atoms with van der Waals surface area (Å²) in [4.78, 5) is 48.8. The predicted octanol–water partition coefficient (Wildman–Crippen LogP) is 1.01. The molecule has 3 rings (SSSR count). The van der Waals surface area contributed by atoms with Crippen molar-refractivity contribution in [2.75, 3.05) is 13.7 Å². The van der Waals surface area contributed by atoms with Gasteiger partial charge in [0.15, 0.2) is 6.61 Å². The third-order valence-corrected chi connectivity index (χ3v) is 4.98. The lowest BCUT2D eigenvalue weighted by Crippen LogP contribution is -2.36. The number of carbonyl (C=O) groups is 2. The highest BCUT2D eigenvalue weighted by Gasteiger charge is 2.26. The summed E-state index contributed by atoms with van der Waals surface area (Å²) in [6, 6.07) is 10.3. The molecule has 8 nitrogen and oxygen atoms in total. The lowest BCUT2D eigenvalue weighted by molar-refractivity contribution is -0.152. The Morgan fingerprint density at radius 1 is 1.21 bits per heavy atom. The molecule has 1 aliphatic carbocycles. The first-order valence-corrected chi connectivity index (χ1v) is 9.25. The van der Waals surface area contributed by atoms with E-state index in [0.717, 1.165) is 41.6 Å². The van der Waals surface area contributed by atoms with Crippen molar-refractivity contribution in [2.24, 2.45) is 0 Å². The Hall–Kier alpha value is -3.16. The molecule has 0 fully saturated rings. The first-order chi connectivity index (χ1) is 13.5. The summed E-state index contributed by atoms with van der Waals surface area (Å²) in [6.07, 6.45) is 2.76. The molecule has 1 aliphatic rings. The van der Waals surface area contributed by atoms with Gasteiger partial charge in [-0.15, -0.1) is 0 Å². The Bertz CT molecular complexity index is 978. The van der Waals surface area contributed by atoms with Gasteiger partial charge in [0.05, 0.1) is 19.0 Å². The molecular formula is C20H23N3O5. The average molecular weight is 385 g/mol. The quantitative estimate of drug-likeness (QED) is 0.748. The van der Waals surface area contributed by atoms with Gasteiger partial charge >= 0.3 is 5.97 Å². The fourth-order valence-corrected chi connectivity index (χ4v) is 3.45. The van der Waals surface area contributed by atoms with Gasteiger partial charge in [-0.05, 0) is 30.4 Å². The van der Waals surface area contributed by atoms with E-state index in [4.69, 9.17) is 4.74 Å². The highest BCUT2D eigenvalue weighted by molar-refractivity contribution is 5.80. The number of rotatable bonds is 6. The number of benzene rings is 1. The van der Waals surface area contributed by atoms with Crippen LogP contribution < -0.4 is 11.1 Å². The lowest BCUT2D eigenvalue weighted by Gasteiger charge is -2.33. The highest BCUT2D eigenvalue weighted by atomic mass is 16.5. The summed E-state index contributed by atoms with van der Waals surface area (Å²) in [5, 5.41) is 2.33. The van der Waals surface area contributed by atoms with Crippen LogP contribution >= 0.6 is 0 Å². The van der Waals surface area contributed by atoms with E-state index in [0.29, 0.717) is 0 Å². The van der Waals surface area contributed by atoms with E-state index in [9.17, 15) is 19.2 Å². The van der Waals surface area contributed by atoms with Gasteiger partial charge in [-0.25, -0.2) is 4.68 Å². The minimum Gasteiger partial charge on any atom is -0.456 e. The van der Waals surface area contributed by atoms with Crippen LogP contribution in [0.25, 0.3) is 0 Å². The molecule has 2 aromatic rings. The number of nitrogens with one attached hydrogen (secondary N) is 1. The molecule has 0 unspecified atom stereocenters. The third kappa shape index (κ3) is 4.57. The number of amides is 1. The maximum absolute atomic E-state index is 12.5. The molecule has 28 heavy (non-hydrogen) atoms. The molecule has 0 saturated heterocycles. The largest absolute Gasteiger partial charge is 0.456 e. The molecular weight excluding hydrogens is 362 g/mol. The molecule has 1 N–H and O–H groups in total. The number of aromatic nitrogens is 2. The normalized spacial score (nSPS) is 15.5. The van der Waals surface area contributed by atoms with Crippen LogP contribution in [-0.2, 0) is 27.3 Å². The van der Waals surface area contributed by atoms with E-state index in [-0.39, 0.29) is 31.5 Å². The zero-order valence-corrected chi connectivity index (χ0v) is 15.7. The summed E-state index contributed by atoms with van der Waals surface area (Å²) in [5.41, 5.74) is 1.54. The summed E-state index contributed by atoms with van der Waals surface area (Å²) >= 11 is 0. The number of aryl methyl sites for hydroxylation is 2. The van der Waals surface area contributed by atoms with Crippen LogP contribution in [0.3, 0.4) is 0 Å². The monoisotopic (exact) mass is 385 g/mol. The Labute approximate surface area is 161 Å². The topological polar surface area (TPSA) is 101 Å². The Morgan fingerprint density at radius 3 is 2.82 bits per heavy atom. The zero-order chi connectivity index (χ0) is 20.1. The highest BCUT2D eigenvalue weighted by Crippen LogP contribution is 2.33. The summed E-state index contributed by atoms with van der Waals surface area (Å²) in [7, 11) is 1.72. The number of fused-ring (bicyclic) bond motifs is 1. The van der Waals surface area contributed by atoms with Gasteiger partial charge in [0.2, 0.25) is 0 Å². The molecule has 0 bridgehead atoms. The number of H-pyrrole nitrogens is 1. The molecule has 1 aromatic heterocycles. The van der Waals surface area contributed by atoms with Gasteiger partial charge in [0.25, 0.3) is 17.0 Å². The molecule has 0 aliphatic heterocycles. The van der Waals surface area contributed by atoms with Gasteiger partial charge in [-0.2, -0.15) is 0 Å². The second kappa shape index (κ2) is 8.69. The molecule has 0 spiro atoms. The van der Waals surface area contributed by atoms with Crippen molar-refractivity contribution in [1.82, 2.24) is 14.7 Å². The first-order valence-electron chi connectivity index (χ1n) is 9.25. The fraction of sp³-hybridized carbons (Fsp3) is 0.400. The van der Waals surface area contributed by atoms with Crippen molar-refractivity contribution in [2.45, 2.75) is 38.3 Å². The van der Waals surface area contributed by atoms with Crippen LogP contribution in [-0.4, -0.2) is 40.2 Å². The number of esters is 1. The number of carbonyl (C=O) groups excluding carboxylic acids is 2. The molecule has 8 heteroatoms. The predicted molar refractivity (Wildman–Crippen MR) is 102 cm³/mol. The summed E-state index contributed by atoms with van der Waals surface area (Å²) in [6.45, 7) is -0.373. The standard InChI is InChI=1S/C20H23N3O5/c1-22(16-8-4-6-14-5-2-3-7-15(14)16)19(26)13-28-20(27)11-12-23-18(25)10-9-17(24)21-23/h2-3,5,7,9-10,16H,4,6,8,11-13H2,1H3,(H,21,24)/t16-/m0/s1. The van der Waals surface area contributed by atoms with Crippen LogP contribution in [0, 0.1) is 0 Å². The van der Waals surface area contributed by atoms with Gasteiger partial charge in [0, 0.05) is 19.2 Å². The van der Waals surface area contributed by atoms with Crippen LogP contribution in [0.4, 0.5) is 0 Å². The van der Waals surface area contributed by atoms with Gasteiger partial charge < -0.3 is 9.64 Å². The molecule has 0 saturated carbocycles. The third-order valence-electron chi connectivity index (χ3n) is 4.98. The minimum absolute atomic E-state index is 0.0201. The summed E-state index contributed by atoms with van der Waals surface area (Å²) < 4.78 is 6.10.